The lowest BCUT2D eigenvalue weighted by Gasteiger charge is -2.27. The Balaban J connectivity index is 2.03. The molecule has 0 radical (unpaired) electrons. The van der Waals surface area contributed by atoms with Crippen molar-refractivity contribution in [1.82, 2.24) is 10.3 Å². The summed E-state index contributed by atoms with van der Waals surface area (Å²) in [7, 11) is 0. The maximum absolute atomic E-state index is 13.0. The first kappa shape index (κ1) is 10.8. The van der Waals surface area contributed by atoms with Crippen LogP contribution in [0.4, 0.5) is 4.39 Å². The number of amides is 1. The van der Waals surface area contributed by atoms with Gasteiger partial charge in [-0.15, -0.1) is 0 Å². The van der Waals surface area contributed by atoms with Crippen LogP contribution in [0, 0.1) is 5.95 Å². The third-order valence-corrected chi connectivity index (χ3v) is 2.46. The zero-order valence-electron chi connectivity index (χ0n) is 8.57. The molecule has 0 bridgehead atoms. The van der Waals surface area contributed by atoms with Crippen molar-refractivity contribution in [1.29, 1.82) is 0 Å². The number of nitrogens with zero attached hydrogens (tertiary/aromatic N) is 1. The predicted octanol–water partition coefficient (Wildman–Crippen LogP) is 0.0603. The normalized spacial score (nSPS) is 18.9. The number of pyridine rings is 1. The van der Waals surface area contributed by atoms with Crippen LogP contribution in [0.1, 0.15) is 16.8 Å². The van der Waals surface area contributed by atoms with Crippen LogP contribution in [0.25, 0.3) is 0 Å². The van der Waals surface area contributed by atoms with E-state index in [0.29, 0.717) is 18.4 Å². The number of ether oxygens (including phenoxy) is 1. The minimum absolute atomic E-state index is 0.251. The van der Waals surface area contributed by atoms with E-state index < -0.39 is 11.9 Å². The molecule has 3 N–H and O–H groups in total. The van der Waals surface area contributed by atoms with Gasteiger partial charge in [-0.2, -0.15) is 4.39 Å². The Morgan fingerprint density at radius 2 is 2.50 bits per heavy atom. The van der Waals surface area contributed by atoms with Gasteiger partial charge in [0.25, 0.3) is 5.91 Å². The molecule has 1 aromatic heterocycles. The molecule has 16 heavy (non-hydrogen) atoms. The van der Waals surface area contributed by atoms with Crippen LogP contribution in [0.15, 0.2) is 12.3 Å². The zero-order chi connectivity index (χ0) is 11.5. The second-order valence-corrected chi connectivity index (χ2v) is 3.62. The lowest BCUT2D eigenvalue weighted by molar-refractivity contribution is 0.0995. The summed E-state index contributed by atoms with van der Waals surface area (Å²) in [5.41, 5.74) is 4.74. The van der Waals surface area contributed by atoms with Crippen molar-refractivity contribution >= 4 is 5.91 Å². The average Bonchev–Trinajstić information content (AvgIpc) is 2.17. The number of nitrogens with two attached hydrogens (primary N) is 1. The Kier molecular flexibility index (Phi) is 3.00. The number of hydrogen-bond acceptors (Lipinski definition) is 4. The van der Waals surface area contributed by atoms with E-state index in [1.54, 1.807) is 0 Å². The standard InChI is InChI=1S/C10H12FN3O2/c11-9-8(10(12)15)3-7(4-14-9)16-5-6-1-2-13-6/h3-4,6,13H,1-2,5H2,(H2,12,15)/t6-/m1/s1. The van der Waals surface area contributed by atoms with Gasteiger partial charge in [-0.1, -0.05) is 0 Å². The molecule has 1 aliphatic heterocycles. The van der Waals surface area contributed by atoms with Gasteiger partial charge in [-0.3, -0.25) is 4.79 Å². The van der Waals surface area contributed by atoms with Crippen LogP contribution in [-0.4, -0.2) is 30.1 Å². The highest BCUT2D eigenvalue weighted by Gasteiger charge is 2.17. The van der Waals surface area contributed by atoms with E-state index in [1.165, 1.54) is 12.3 Å². The summed E-state index contributed by atoms with van der Waals surface area (Å²) in [6.45, 7) is 1.47. The summed E-state index contributed by atoms with van der Waals surface area (Å²) in [6.07, 6.45) is 2.29. The molecule has 1 saturated heterocycles. The van der Waals surface area contributed by atoms with Crippen molar-refractivity contribution in [2.75, 3.05) is 13.2 Å². The summed E-state index contributed by atoms with van der Waals surface area (Å²) >= 11 is 0. The number of nitrogens with one attached hydrogen (secondary N) is 1. The Bertz CT molecular complexity index is 407. The fourth-order valence-electron chi connectivity index (χ4n) is 1.37. The number of carbonyl (C=O) groups excluding carboxylic acids is 1. The molecule has 0 saturated carbocycles. The van der Waals surface area contributed by atoms with Crippen LogP contribution in [0.3, 0.4) is 0 Å². The first-order chi connectivity index (χ1) is 7.66. The van der Waals surface area contributed by atoms with Crippen LogP contribution in [0.2, 0.25) is 0 Å². The largest absolute Gasteiger partial charge is 0.490 e. The first-order valence-corrected chi connectivity index (χ1v) is 4.98. The van der Waals surface area contributed by atoms with Gasteiger partial charge in [-0.05, 0) is 19.0 Å². The van der Waals surface area contributed by atoms with E-state index in [2.05, 4.69) is 10.3 Å². The summed E-state index contributed by atoms with van der Waals surface area (Å²) in [6, 6.07) is 1.59. The molecular formula is C10H12FN3O2. The first-order valence-electron chi connectivity index (χ1n) is 4.98. The van der Waals surface area contributed by atoms with Crippen molar-refractivity contribution in [3.8, 4) is 5.75 Å². The monoisotopic (exact) mass is 225 g/mol. The molecular weight excluding hydrogens is 213 g/mol. The van der Waals surface area contributed by atoms with Gasteiger partial charge in [0.2, 0.25) is 5.95 Å². The van der Waals surface area contributed by atoms with E-state index in [4.69, 9.17) is 10.5 Å². The number of halogens is 1. The predicted molar refractivity (Wildman–Crippen MR) is 54.6 cm³/mol. The lowest BCUT2D eigenvalue weighted by atomic mass is 10.1. The number of carbonyl (C=O) groups is 1. The van der Waals surface area contributed by atoms with Crippen LogP contribution in [0.5, 0.6) is 5.75 Å². The molecule has 2 rings (SSSR count). The van der Waals surface area contributed by atoms with Gasteiger partial charge in [0.1, 0.15) is 12.4 Å². The zero-order valence-corrected chi connectivity index (χ0v) is 8.57. The van der Waals surface area contributed by atoms with E-state index in [1.807, 2.05) is 0 Å². The van der Waals surface area contributed by atoms with Gasteiger partial charge in [0.05, 0.1) is 11.8 Å². The van der Waals surface area contributed by atoms with Crippen LogP contribution >= 0.6 is 0 Å². The molecule has 1 aromatic rings. The third-order valence-electron chi connectivity index (χ3n) is 2.46. The molecule has 86 valence electrons. The Labute approximate surface area is 91.8 Å². The molecule has 6 heteroatoms. The fraction of sp³-hybridized carbons (Fsp3) is 0.400. The Hall–Kier alpha value is -1.69. The topological polar surface area (TPSA) is 77.2 Å². The van der Waals surface area contributed by atoms with E-state index in [9.17, 15) is 9.18 Å². The molecule has 1 fully saturated rings. The van der Waals surface area contributed by atoms with Crippen molar-refractivity contribution in [2.24, 2.45) is 5.73 Å². The highest BCUT2D eigenvalue weighted by atomic mass is 19.1. The summed E-state index contributed by atoms with van der Waals surface area (Å²) < 4.78 is 18.4. The minimum atomic E-state index is -0.874. The quantitative estimate of drug-likeness (QED) is 0.710. The van der Waals surface area contributed by atoms with Crippen LogP contribution < -0.4 is 15.8 Å². The molecule has 1 atom stereocenters. The lowest BCUT2D eigenvalue weighted by Crippen LogP contribution is -2.46. The van der Waals surface area contributed by atoms with E-state index in [-0.39, 0.29) is 5.56 Å². The fourth-order valence-corrected chi connectivity index (χ4v) is 1.37. The third kappa shape index (κ3) is 2.27. The molecule has 0 spiro atoms. The molecule has 0 unspecified atom stereocenters. The maximum Gasteiger partial charge on any atom is 0.253 e. The van der Waals surface area contributed by atoms with Crippen LogP contribution in [-0.2, 0) is 0 Å². The number of primary amides is 1. The maximum atomic E-state index is 13.0. The molecule has 1 aliphatic rings. The second-order valence-electron chi connectivity index (χ2n) is 3.62. The minimum Gasteiger partial charge on any atom is -0.490 e. The van der Waals surface area contributed by atoms with Crippen molar-refractivity contribution in [3.05, 3.63) is 23.8 Å². The SMILES string of the molecule is NC(=O)c1cc(OC[C@H]2CCN2)cnc1F. The van der Waals surface area contributed by atoms with Gasteiger partial charge < -0.3 is 15.8 Å². The Morgan fingerprint density at radius 1 is 1.75 bits per heavy atom. The number of aromatic nitrogens is 1. The van der Waals surface area contributed by atoms with Gasteiger partial charge in [0.15, 0.2) is 0 Å². The van der Waals surface area contributed by atoms with Gasteiger partial charge in [0, 0.05) is 6.04 Å². The average molecular weight is 225 g/mol. The number of hydrogen-bond donors (Lipinski definition) is 2. The molecule has 5 nitrogen and oxygen atoms in total. The highest BCUT2D eigenvalue weighted by Crippen LogP contribution is 2.15. The highest BCUT2D eigenvalue weighted by molar-refractivity contribution is 5.93. The van der Waals surface area contributed by atoms with E-state index in [0.717, 1.165) is 13.0 Å². The second kappa shape index (κ2) is 4.44. The summed E-state index contributed by atoms with van der Waals surface area (Å²) in [4.78, 5) is 14.3. The number of rotatable bonds is 4. The molecule has 0 aromatic carbocycles. The van der Waals surface area contributed by atoms with Gasteiger partial charge >= 0.3 is 0 Å². The van der Waals surface area contributed by atoms with Crippen molar-refractivity contribution < 1.29 is 13.9 Å². The molecule has 2 heterocycles. The van der Waals surface area contributed by atoms with Crippen molar-refractivity contribution in [2.45, 2.75) is 12.5 Å². The summed E-state index contributed by atoms with van der Waals surface area (Å²) in [5.74, 6) is -1.37. The van der Waals surface area contributed by atoms with Crippen molar-refractivity contribution in [3.63, 3.8) is 0 Å². The smallest absolute Gasteiger partial charge is 0.253 e. The molecule has 0 aliphatic carbocycles. The summed E-state index contributed by atoms with van der Waals surface area (Å²) in [5, 5.41) is 3.15. The Morgan fingerprint density at radius 3 is 3.06 bits per heavy atom. The van der Waals surface area contributed by atoms with Gasteiger partial charge in [-0.25, -0.2) is 4.98 Å². The molecule has 1 amide bonds. The van der Waals surface area contributed by atoms with E-state index >= 15 is 0 Å².